The standard InChI is InChI=1S/C16H23NO2/c1-10-6-11(2)8-12(7-10)16(18)14-9-13(19-3)4-5-15(14)17/h4-5,9-12H,6-8,17H2,1-3H3. The molecule has 1 aliphatic rings. The smallest absolute Gasteiger partial charge is 0.168 e. The van der Waals surface area contributed by atoms with Crippen LogP contribution in [-0.2, 0) is 0 Å². The van der Waals surface area contributed by atoms with E-state index >= 15 is 0 Å². The number of carbonyl (C=O) groups excluding carboxylic acids is 1. The van der Waals surface area contributed by atoms with Crippen LogP contribution in [0.5, 0.6) is 5.75 Å². The number of Topliss-reactive ketones (excluding diaryl/α,β-unsaturated/α-hetero) is 1. The van der Waals surface area contributed by atoms with Gasteiger partial charge >= 0.3 is 0 Å². The Bertz CT molecular complexity index is 460. The van der Waals surface area contributed by atoms with Gasteiger partial charge in [-0.3, -0.25) is 4.79 Å². The average Bonchev–Trinajstić information content (AvgIpc) is 2.37. The molecule has 2 N–H and O–H groups in total. The second-order valence-corrected chi connectivity index (χ2v) is 5.93. The summed E-state index contributed by atoms with van der Waals surface area (Å²) in [6.07, 6.45) is 3.16. The summed E-state index contributed by atoms with van der Waals surface area (Å²) in [5.41, 5.74) is 7.11. The lowest BCUT2D eigenvalue weighted by Gasteiger charge is -2.30. The molecular weight excluding hydrogens is 238 g/mol. The van der Waals surface area contributed by atoms with E-state index in [9.17, 15) is 4.79 Å². The summed E-state index contributed by atoms with van der Waals surface area (Å²) < 4.78 is 5.18. The minimum atomic E-state index is 0.105. The quantitative estimate of drug-likeness (QED) is 0.669. The van der Waals surface area contributed by atoms with Gasteiger partial charge in [0.1, 0.15) is 5.75 Å². The van der Waals surface area contributed by atoms with Crippen molar-refractivity contribution in [1.82, 2.24) is 0 Å². The maximum atomic E-state index is 12.6. The van der Waals surface area contributed by atoms with E-state index in [4.69, 9.17) is 10.5 Å². The van der Waals surface area contributed by atoms with Crippen molar-refractivity contribution >= 4 is 11.5 Å². The van der Waals surface area contributed by atoms with Gasteiger partial charge < -0.3 is 10.5 Å². The van der Waals surface area contributed by atoms with Crippen molar-refractivity contribution in [3.05, 3.63) is 23.8 Å². The Kier molecular flexibility index (Phi) is 4.13. The lowest BCUT2D eigenvalue weighted by atomic mass is 9.74. The highest BCUT2D eigenvalue weighted by molar-refractivity contribution is 6.02. The zero-order valence-corrected chi connectivity index (χ0v) is 12.0. The van der Waals surface area contributed by atoms with Crippen LogP contribution >= 0.6 is 0 Å². The Morgan fingerprint density at radius 2 is 1.84 bits per heavy atom. The summed E-state index contributed by atoms with van der Waals surface area (Å²) in [6.45, 7) is 4.45. The highest BCUT2D eigenvalue weighted by Crippen LogP contribution is 2.36. The fraction of sp³-hybridized carbons (Fsp3) is 0.562. The fourth-order valence-electron chi connectivity index (χ4n) is 3.26. The Balaban J connectivity index is 2.23. The fourth-order valence-corrected chi connectivity index (χ4v) is 3.26. The molecule has 0 aromatic heterocycles. The summed E-state index contributed by atoms with van der Waals surface area (Å²) in [6, 6.07) is 5.31. The third-order valence-corrected chi connectivity index (χ3v) is 4.08. The summed E-state index contributed by atoms with van der Waals surface area (Å²) in [5, 5.41) is 0. The van der Waals surface area contributed by atoms with Crippen molar-refractivity contribution in [1.29, 1.82) is 0 Å². The number of benzene rings is 1. The minimum Gasteiger partial charge on any atom is -0.497 e. The van der Waals surface area contributed by atoms with E-state index in [1.54, 1.807) is 25.3 Å². The molecule has 0 heterocycles. The molecule has 2 unspecified atom stereocenters. The van der Waals surface area contributed by atoms with Gasteiger partial charge in [0.15, 0.2) is 5.78 Å². The molecule has 1 aromatic rings. The summed E-state index contributed by atoms with van der Waals surface area (Å²) in [7, 11) is 1.60. The van der Waals surface area contributed by atoms with Gasteiger partial charge in [-0.25, -0.2) is 0 Å². The number of nitrogen functional groups attached to an aromatic ring is 1. The second kappa shape index (κ2) is 5.64. The Labute approximate surface area is 115 Å². The lowest BCUT2D eigenvalue weighted by Crippen LogP contribution is -2.26. The van der Waals surface area contributed by atoms with Gasteiger partial charge in [-0.05, 0) is 49.3 Å². The zero-order valence-electron chi connectivity index (χ0n) is 12.0. The Morgan fingerprint density at radius 3 is 2.42 bits per heavy atom. The van der Waals surface area contributed by atoms with Crippen molar-refractivity contribution in [2.75, 3.05) is 12.8 Å². The van der Waals surface area contributed by atoms with Crippen LogP contribution in [0.25, 0.3) is 0 Å². The molecule has 1 aromatic carbocycles. The van der Waals surface area contributed by atoms with Gasteiger partial charge in [0, 0.05) is 17.2 Å². The summed E-state index contributed by atoms with van der Waals surface area (Å²) >= 11 is 0. The number of anilines is 1. The predicted molar refractivity (Wildman–Crippen MR) is 77.4 cm³/mol. The van der Waals surface area contributed by atoms with Crippen molar-refractivity contribution in [2.24, 2.45) is 17.8 Å². The second-order valence-electron chi connectivity index (χ2n) is 5.93. The van der Waals surface area contributed by atoms with Gasteiger partial charge in [0.2, 0.25) is 0 Å². The van der Waals surface area contributed by atoms with E-state index in [0.29, 0.717) is 28.8 Å². The van der Waals surface area contributed by atoms with Crippen LogP contribution in [0.2, 0.25) is 0 Å². The monoisotopic (exact) mass is 261 g/mol. The lowest BCUT2D eigenvalue weighted by molar-refractivity contribution is 0.0836. The number of hydrogen-bond acceptors (Lipinski definition) is 3. The first kappa shape index (κ1) is 13.9. The predicted octanol–water partition coefficient (Wildman–Crippen LogP) is 3.53. The SMILES string of the molecule is COc1ccc(N)c(C(=O)C2CC(C)CC(C)C2)c1. The maximum Gasteiger partial charge on any atom is 0.168 e. The van der Waals surface area contributed by atoms with Gasteiger partial charge in [-0.1, -0.05) is 13.8 Å². The van der Waals surface area contributed by atoms with E-state index in [-0.39, 0.29) is 11.7 Å². The molecule has 0 saturated heterocycles. The number of ether oxygens (including phenoxy) is 1. The van der Waals surface area contributed by atoms with Gasteiger partial charge in [0.05, 0.1) is 7.11 Å². The van der Waals surface area contributed by atoms with Crippen molar-refractivity contribution in [3.8, 4) is 5.75 Å². The third-order valence-electron chi connectivity index (χ3n) is 4.08. The maximum absolute atomic E-state index is 12.6. The van der Waals surface area contributed by atoms with E-state index in [0.717, 1.165) is 12.8 Å². The number of rotatable bonds is 3. The Morgan fingerprint density at radius 1 is 1.21 bits per heavy atom. The van der Waals surface area contributed by atoms with Gasteiger partial charge in [-0.2, -0.15) is 0 Å². The van der Waals surface area contributed by atoms with Crippen LogP contribution in [0, 0.1) is 17.8 Å². The highest BCUT2D eigenvalue weighted by Gasteiger charge is 2.30. The molecule has 2 atom stereocenters. The summed E-state index contributed by atoms with van der Waals surface area (Å²) in [5.74, 6) is 2.20. The van der Waals surface area contributed by atoms with Crippen molar-refractivity contribution in [2.45, 2.75) is 33.1 Å². The molecule has 3 heteroatoms. The molecule has 0 bridgehead atoms. The molecule has 1 fully saturated rings. The van der Waals surface area contributed by atoms with E-state index < -0.39 is 0 Å². The van der Waals surface area contributed by atoms with E-state index in [1.807, 2.05) is 0 Å². The third kappa shape index (κ3) is 3.09. The molecule has 0 aliphatic heterocycles. The number of methoxy groups -OCH3 is 1. The molecule has 19 heavy (non-hydrogen) atoms. The molecule has 3 nitrogen and oxygen atoms in total. The van der Waals surface area contributed by atoms with Gasteiger partial charge in [-0.15, -0.1) is 0 Å². The molecule has 0 radical (unpaired) electrons. The topological polar surface area (TPSA) is 52.3 Å². The van der Waals surface area contributed by atoms with Crippen molar-refractivity contribution < 1.29 is 9.53 Å². The van der Waals surface area contributed by atoms with Crippen LogP contribution in [0.3, 0.4) is 0 Å². The Hall–Kier alpha value is -1.51. The number of carbonyl (C=O) groups is 1. The number of nitrogens with two attached hydrogens (primary N) is 1. The molecule has 1 aliphatic carbocycles. The van der Waals surface area contributed by atoms with E-state index in [2.05, 4.69) is 13.8 Å². The minimum absolute atomic E-state index is 0.105. The van der Waals surface area contributed by atoms with Crippen molar-refractivity contribution in [3.63, 3.8) is 0 Å². The molecule has 0 amide bonds. The first-order chi connectivity index (χ1) is 9.01. The first-order valence-electron chi connectivity index (χ1n) is 6.99. The molecule has 1 saturated carbocycles. The number of hydrogen-bond donors (Lipinski definition) is 1. The van der Waals surface area contributed by atoms with Crippen LogP contribution < -0.4 is 10.5 Å². The summed E-state index contributed by atoms with van der Waals surface area (Å²) in [4.78, 5) is 12.6. The normalized spacial score (nSPS) is 27.0. The zero-order chi connectivity index (χ0) is 14.0. The number of ketones is 1. The molecule has 0 spiro atoms. The average molecular weight is 261 g/mol. The molecular formula is C16H23NO2. The largest absolute Gasteiger partial charge is 0.497 e. The first-order valence-corrected chi connectivity index (χ1v) is 6.99. The highest BCUT2D eigenvalue weighted by atomic mass is 16.5. The molecule has 104 valence electrons. The van der Waals surface area contributed by atoms with Gasteiger partial charge in [0.25, 0.3) is 0 Å². The van der Waals surface area contributed by atoms with Crippen LogP contribution in [-0.4, -0.2) is 12.9 Å². The molecule has 2 rings (SSSR count). The van der Waals surface area contributed by atoms with E-state index in [1.165, 1.54) is 6.42 Å². The van der Waals surface area contributed by atoms with Crippen LogP contribution in [0.4, 0.5) is 5.69 Å². The van der Waals surface area contributed by atoms with Crippen LogP contribution in [0.1, 0.15) is 43.5 Å². The van der Waals surface area contributed by atoms with Crippen LogP contribution in [0.15, 0.2) is 18.2 Å².